The van der Waals surface area contributed by atoms with Gasteiger partial charge in [0.2, 0.25) is 0 Å². The van der Waals surface area contributed by atoms with E-state index >= 15 is 0 Å². The van der Waals surface area contributed by atoms with Crippen molar-refractivity contribution in [2.75, 3.05) is 5.32 Å². The standard InChI is InChI=1S/C37H25N3/c1-2-10-28(11-3-1)40-35-19-16-26(21-32(35)33-23-38-37(33)40)27-15-18-31-30-12-6-7-13-34(30)39(36(31)22-27)29-17-14-24-8-4-5-9-25(24)20-29/h1-22,38H,23H2. The predicted molar refractivity (Wildman–Crippen MR) is 168 cm³/mol. The molecule has 0 atom stereocenters. The number of rotatable bonds is 3. The van der Waals surface area contributed by atoms with Crippen LogP contribution in [-0.4, -0.2) is 9.13 Å². The Morgan fingerprint density at radius 1 is 0.450 bits per heavy atom. The summed E-state index contributed by atoms with van der Waals surface area (Å²) in [5, 5.41) is 9.93. The van der Waals surface area contributed by atoms with Crippen molar-refractivity contribution in [3.8, 4) is 22.5 Å². The van der Waals surface area contributed by atoms with Crippen LogP contribution in [-0.2, 0) is 6.54 Å². The molecule has 0 saturated carbocycles. The molecule has 0 radical (unpaired) electrons. The zero-order valence-electron chi connectivity index (χ0n) is 21.8. The summed E-state index contributed by atoms with van der Waals surface area (Å²) in [6.07, 6.45) is 0. The first-order valence-electron chi connectivity index (χ1n) is 13.8. The number of aromatic nitrogens is 2. The van der Waals surface area contributed by atoms with Gasteiger partial charge in [0, 0.05) is 39.6 Å². The zero-order chi connectivity index (χ0) is 26.2. The van der Waals surface area contributed by atoms with Crippen LogP contribution in [0.2, 0.25) is 0 Å². The minimum atomic E-state index is 0.907. The first kappa shape index (κ1) is 21.6. The van der Waals surface area contributed by atoms with E-state index in [9.17, 15) is 0 Å². The van der Waals surface area contributed by atoms with Gasteiger partial charge >= 0.3 is 0 Å². The Balaban J connectivity index is 1.26. The van der Waals surface area contributed by atoms with E-state index < -0.39 is 0 Å². The van der Waals surface area contributed by atoms with Crippen molar-refractivity contribution in [3.63, 3.8) is 0 Å². The zero-order valence-corrected chi connectivity index (χ0v) is 21.8. The Kier molecular flexibility index (Phi) is 4.39. The van der Waals surface area contributed by atoms with E-state index in [1.54, 1.807) is 0 Å². The van der Waals surface area contributed by atoms with Crippen LogP contribution < -0.4 is 5.32 Å². The van der Waals surface area contributed by atoms with Crippen molar-refractivity contribution in [2.24, 2.45) is 0 Å². The highest BCUT2D eigenvalue weighted by Gasteiger charge is 2.25. The Morgan fingerprint density at radius 2 is 1.18 bits per heavy atom. The number of nitrogens with one attached hydrogen (secondary N) is 1. The number of para-hydroxylation sites is 2. The fourth-order valence-electron chi connectivity index (χ4n) is 6.55. The molecule has 188 valence electrons. The predicted octanol–water partition coefficient (Wildman–Crippen LogP) is 9.47. The van der Waals surface area contributed by atoms with Crippen LogP contribution in [0, 0.1) is 0 Å². The molecular formula is C37H25N3. The third-order valence-electron chi connectivity index (χ3n) is 8.52. The lowest BCUT2D eigenvalue weighted by molar-refractivity contribution is 0.981. The molecule has 3 nitrogen and oxygen atoms in total. The van der Waals surface area contributed by atoms with Crippen molar-refractivity contribution in [1.29, 1.82) is 0 Å². The van der Waals surface area contributed by atoms with Gasteiger partial charge < -0.3 is 9.88 Å². The number of hydrogen-bond acceptors (Lipinski definition) is 1. The molecular weight excluding hydrogens is 486 g/mol. The van der Waals surface area contributed by atoms with Gasteiger partial charge in [0.1, 0.15) is 5.82 Å². The monoisotopic (exact) mass is 511 g/mol. The molecule has 9 rings (SSSR count). The van der Waals surface area contributed by atoms with Crippen molar-refractivity contribution in [2.45, 2.75) is 6.54 Å². The fourth-order valence-corrected chi connectivity index (χ4v) is 6.55. The molecule has 6 aromatic carbocycles. The smallest absolute Gasteiger partial charge is 0.117 e. The van der Waals surface area contributed by atoms with Gasteiger partial charge in [0.25, 0.3) is 0 Å². The van der Waals surface area contributed by atoms with Crippen LogP contribution in [0.25, 0.3) is 66.0 Å². The summed E-state index contributed by atoms with van der Waals surface area (Å²) in [5.74, 6) is 1.21. The van der Waals surface area contributed by atoms with Crippen LogP contribution in [0.5, 0.6) is 0 Å². The quantitative estimate of drug-likeness (QED) is 0.251. The van der Waals surface area contributed by atoms with Crippen LogP contribution in [0.15, 0.2) is 133 Å². The third kappa shape index (κ3) is 3.00. The number of nitrogens with zero attached hydrogens (tertiary/aromatic N) is 2. The van der Waals surface area contributed by atoms with Gasteiger partial charge in [-0.2, -0.15) is 0 Å². The molecule has 1 N–H and O–H groups in total. The van der Waals surface area contributed by atoms with E-state index in [0.29, 0.717) is 0 Å². The molecule has 3 heterocycles. The summed E-state index contributed by atoms with van der Waals surface area (Å²) >= 11 is 0. The maximum atomic E-state index is 3.54. The molecule has 40 heavy (non-hydrogen) atoms. The molecule has 0 spiro atoms. The minimum Gasteiger partial charge on any atom is -0.367 e. The van der Waals surface area contributed by atoms with Crippen molar-refractivity contribution >= 4 is 49.3 Å². The van der Waals surface area contributed by atoms with Crippen LogP contribution in [0.1, 0.15) is 5.56 Å². The number of anilines is 1. The Bertz CT molecular complexity index is 2270. The van der Waals surface area contributed by atoms with E-state index in [0.717, 1.165) is 6.54 Å². The topological polar surface area (TPSA) is 21.9 Å². The van der Waals surface area contributed by atoms with Gasteiger partial charge in [-0.15, -0.1) is 0 Å². The molecule has 0 bridgehead atoms. The summed E-state index contributed by atoms with van der Waals surface area (Å²) in [6.45, 7) is 0.907. The van der Waals surface area contributed by atoms with Crippen molar-refractivity contribution in [1.82, 2.24) is 9.13 Å². The lowest BCUT2D eigenvalue weighted by atomic mass is 10.00. The SMILES string of the molecule is c1ccc(-n2c3c(c4cc(-c5ccc6c7ccccc7n(-c7ccc8ccccc8c7)c6c5)ccc42)CN3)cc1. The largest absolute Gasteiger partial charge is 0.367 e. The van der Waals surface area contributed by atoms with Gasteiger partial charge in [-0.25, -0.2) is 0 Å². The van der Waals surface area contributed by atoms with E-state index in [2.05, 4.69) is 148 Å². The highest BCUT2D eigenvalue weighted by atomic mass is 15.2. The molecule has 1 aliphatic rings. The van der Waals surface area contributed by atoms with Gasteiger partial charge in [-0.05, 0) is 70.4 Å². The second kappa shape index (κ2) is 8.11. The average molecular weight is 512 g/mol. The molecule has 0 unspecified atom stereocenters. The number of hydrogen-bond donors (Lipinski definition) is 1. The van der Waals surface area contributed by atoms with Gasteiger partial charge in [0.05, 0.1) is 16.6 Å². The number of fused-ring (bicyclic) bond motifs is 7. The van der Waals surface area contributed by atoms with Crippen LogP contribution in [0.4, 0.5) is 5.82 Å². The molecule has 0 amide bonds. The summed E-state index contributed by atoms with van der Waals surface area (Å²) in [6, 6.07) is 48.6. The fraction of sp³-hybridized carbons (Fsp3) is 0.0270. The first-order valence-corrected chi connectivity index (χ1v) is 13.8. The highest BCUT2D eigenvalue weighted by molar-refractivity contribution is 6.10. The molecule has 0 saturated heterocycles. The van der Waals surface area contributed by atoms with Crippen LogP contribution >= 0.6 is 0 Å². The average Bonchev–Trinajstić information content (AvgIpc) is 3.44. The van der Waals surface area contributed by atoms with Crippen LogP contribution in [0.3, 0.4) is 0 Å². The summed E-state index contributed by atoms with van der Waals surface area (Å²) in [7, 11) is 0. The van der Waals surface area contributed by atoms with Crippen molar-refractivity contribution in [3.05, 3.63) is 139 Å². The van der Waals surface area contributed by atoms with E-state index in [4.69, 9.17) is 0 Å². The lowest BCUT2D eigenvalue weighted by Crippen LogP contribution is -2.15. The molecule has 3 heteroatoms. The maximum absolute atomic E-state index is 3.54. The van der Waals surface area contributed by atoms with E-state index in [-0.39, 0.29) is 0 Å². The molecule has 2 aromatic heterocycles. The normalized spacial score (nSPS) is 12.6. The molecule has 0 aliphatic carbocycles. The minimum absolute atomic E-state index is 0.907. The Morgan fingerprint density at radius 3 is 2.05 bits per heavy atom. The van der Waals surface area contributed by atoms with Gasteiger partial charge in [0.15, 0.2) is 0 Å². The maximum Gasteiger partial charge on any atom is 0.117 e. The second-order valence-corrected chi connectivity index (χ2v) is 10.7. The first-order chi connectivity index (χ1) is 19.8. The summed E-state index contributed by atoms with van der Waals surface area (Å²) in [5.41, 5.74) is 9.94. The molecule has 8 aromatic rings. The Hall–Kier alpha value is -5.28. The molecule has 1 aliphatic heterocycles. The highest BCUT2D eigenvalue weighted by Crippen LogP contribution is 2.41. The van der Waals surface area contributed by atoms with Crippen molar-refractivity contribution < 1.29 is 0 Å². The second-order valence-electron chi connectivity index (χ2n) is 10.7. The molecule has 0 fully saturated rings. The Labute approximate surface area is 231 Å². The number of benzene rings is 6. The summed E-state index contributed by atoms with van der Waals surface area (Å²) in [4.78, 5) is 0. The van der Waals surface area contributed by atoms with E-state index in [1.807, 2.05) is 0 Å². The van der Waals surface area contributed by atoms with E-state index in [1.165, 1.54) is 77.4 Å². The third-order valence-corrected chi connectivity index (χ3v) is 8.52. The van der Waals surface area contributed by atoms with Gasteiger partial charge in [-0.3, -0.25) is 4.57 Å². The lowest BCUT2D eigenvalue weighted by Gasteiger charge is -2.20. The van der Waals surface area contributed by atoms with Gasteiger partial charge in [-0.1, -0.05) is 84.9 Å². The summed E-state index contributed by atoms with van der Waals surface area (Å²) < 4.78 is 4.76.